The van der Waals surface area contributed by atoms with Gasteiger partial charge in [-0.1, -0.05) is 0 Å². The fourth-order valence-corrected chi connectivity index (χ4v) is 2.60. The van der Waals surface area contributed by atoms with E-state index in [2.05, 4.69) is 23.2 Å². The van der Waals surface area contributed by atoms with Gasteiger partial charge in [-0.25, -0.2) is 8.78 Å². The molecule has 2 heterocycles. The van der Waals surface area contributed by atoms with E-state index >= 15 is 0 Å². The minimum Gasteiger partial charge on any atom is -0.378 e. The summed E-state index contributed by atoms with van der Waals surface area (Å²) in [4.78, 5) is 2.12. The topological polar surface area (TPSA) is 15.3 Å². The molecule has 0 spiro atoms. The van der Waals surface area contributed by atoms with Crippen molar-refractivity contribution in [3.63, 3.8) is 0 Å². The van der Waals surface area contributed by atoms with Gasteiger partial charge in [0, 0.05) is 30.9 Å². The summed E-state index contributed by atoms with van der Waals surface area (Å²) in [6, 6.07) is 4.15. The molecule has 2 aliphatic rings. The number of hydrogen-bond donors (Lipinski definition) is 1. The number of nitrogens with zero attached hydrogens (tertiary/aromatic N) is 1. The highest BCUT2D eigenvalue weighted by Gasteiger charge is 2.22. The molecule has 2 aliphatic heterocycles. The van der Waals surface area contributed by atoms with Crippen molar-refractivity contribution in [2.75, 3.05) is 13.6 Å². The van der Waals surface area contributed by atoms with Gasteiger partial charge in [-0.2, -0.15) is 0 Å². The van der Waals surface area contributed by atoms with E-state index in [1.807, 2.05) is 19.3 Å². The second-order valence-corrected chi connectivity index (χ2v) is 5.26. The molecule has 4 heteroatoms. The summed E-state index contributed by atoms with van der Waals surface area (Å²) < 4.78 is 26.4. The molecule has 1 aromatic rings. The minimum absolute atomic E-state index is 0.172. The van der Waals surface area contributed by atoms with Crippen molar-refractivity contribution in [2.24, 2.45) is 0 Å². The summed E-state index contributed by atoms with van der Waals surface area (Å²) in [6.07, 6.45) is 6.07. The molecular weight excluding hydrogens is 258 g/mol. The lowest BCUT2D eigenvalue weighted by Gasteiger charge is -2.32. The van der Waals surface area contributed by atoms with E-state index < -0.39 is 11.6 Å². The Morgan fingerprint density at radius 3 is 2.80 bits per heavy atom. The highest BCUT2D eigenvalue weighted by Crippen LogP contribution is 2.28. The van der Waals surface area contributed by atoms with Crippen molar-refractivity contribution < 1.29 is 8.78 Å². The van der Waals surface area contributed by atoms with Gasteiger partial charge in [0.1, 0.15) is 0 Å². The molecule has 20 heavy (non-hydrogen) atoms. The molecule has 0 bridgehead atoms. The van der Waals surface area contributed by atoms with Crippen LogP contribution in [0, 0.1) is 11.6 Å². The number of nitrogens with one attached hydrogen (secondary N) is 1. The van der Waals surface area contributed by atoms with E-state index in [9.17, 15) is 8.78 Å². The molecule has 1 unspecified atom stereocenters. The standard InChI is InChI=1S/C16H16F2N2/c1-10-13-9-20(2)6-5-11(13)8-16(19-10)12-3-4-14(17)15(18)7-12/h3-8,10,19H,9H2,1-2H3. The predicted octanol–water partition coefficient (Wildman–Crippen LogP) is 3.05. The fourth-order valence-electron chi connectivity index (χ4n) is 2.60. The lowest BCUT2D eigenvalue weighted by molar-refractivity contribution is 0.466. The summed E-state index contributed by atoms with van der Waals surface area (Å²) in [5, 5.41) is 3.35. The Morgan fingerprint density at radius 1 is 1.25 bits per heavy atom. The molecule has 3 rings (SSSR count). The summed E-state index contributed by atoms with van der Waals surface area (Å²) in [7, 11) is 2.03. The van der Waals surface area contributed by atoms with Crippen molar-refractivity contribution in [1.82, 2.24) is 10.2 Å². The molecule has 0 saturated heterocycles. The maximum Gasteiger partial charge on any atom is 0.159 e. The summed E-state index contributed by atoms with van der Waals surface area (Å²) in [6.45, 7) is 2.96. The van der Waals surface area contributed by atoms with Crippen LogP contribution in [-0.4, -0.2) is 24.5 Å². The van der Waals surface area contributed by atoms with Crippen LogP contribution < -0.4 is 5.32 Å². The Balaban J connectivity index is 2.00. The molecule has 0 radical (unpaired) electrons. The number of allylic oxidation sites excluding steroid dienone is 3. The van der Waals surface area contributed by atoms with E-state index in [0.717, 1.165) is 23.9 Å². The average Bonchev–Trinajstić information content (AvgIpc) is 2.42. The van der Waals surface area contributed by atoms with Crippen LogP contribution in [0.15, 0.2) is 47.7 Å². The molecule has 1 N–H and O–H groups in total. The summed E-state index contributed by atoms with van der Waals surface area (Å²) in [5.41, 5.74) is 3.94. The molecule has 0 amide bonds. The summed E-state index contributed by atoms with van der Waals surface area (Å²) >= 11 is 0. The van der Waals surface area contributed by atoms with Gasteiger partial charge in [0.05, 0.1) is 0 Å². The zero-order valence-corrected chi connectivity index (χ0v) is 11.5. The van der Waals surface area contributed by atoms with Gasteiger partial charge in [-0.3, -0.25) is 0 Å². The lowest BCUT2D eigenvalue weighted by Crippen LogP contribution is -2.36. The quantitative estimate of drug-likeness (QED) is 0.846. The Morgan fingerprint density at radius 2 is 2.05 bits per heavy atom. The van der Waals surface area contributed by atoms with Crippen LogP contribution in [-0.2, 0) is 0 Å². The highest BCUT2D eigenvalue weighted by molar-refractivity contribution is 5.71. The third-order valence-corrected chi connectivity index (χ3v) is 3.72. The van der Waals surface area contributed by atoms with Gasteiger partial charge in [0.15, 0.2) is 11.6 Å². The van der Waals surface area contributed by atoms with Crippen LogP contribution >= 0.6 is 0 Å². The second-order valence-electron chi connectivity index (χ2n) is 5.26. The number of rotatable bonds is 1. The number of benzene rings is 1. The third kappa shape index (κ3) is 2.22. The van der Waals surface area contributed by atoms with E-state index in [1.54, 1.807) is 6.07 Å². The van der Waals surface area contributed by atoms with Gasteiger partial charge in [-0.05, 0) is 54.6 Å². The van der Waals surface area contributed by atoms with Gasteiger partial charge < -0.3 is 10.2 Å². The Hall–Kier alpha value is -2.10. The third-order valence-electron chi connectivity index (χ3n) is 3.72. The van der Waals surface area contributed by atoms with Gasteiger partial charge >= 0.3 is 0 Å². The average molecular weight is 274 g/mol. The molecule has 104 valence electrons. The first-order valence-electron chi connectivity index (χ1n) is 6.60. The van der Waals surface area contributed by atoms with Gasteiger partial charge in [0.2, 0.25) is 0 Å². The monoisotopic (exact) mass is 274 g/mol. The largest absolute Gasteiger partial charge is 0.378 e. The SMILES string of the molecule is CC1NC(c2ccc(F)c(F)c2)=CC2=C1CN(C)C=C2. The van der Waals surface area contributed by atoms with E-state index in [1.165, 1.54) is 11.6 Å². The zero-order valence-electron chi connectivity index (χ0n) is 11.5. The smallest absolute Gasteiger partial charge is 0.159 e. The predicted molar refractivity (Wildman–Crippen MR) is 75.7 cm³/mol. The van der Waals surface area contributed by atoms with E-state index in [-0.39, 0.29) is 6.04 Å². The minimum atomic E-state index is -0.823. The Labute approximate surface area is 117 Å². The fraction of sp³-hybridized carbons (Fsp3) is 0.250. The van der Waals surface area contributed by atoms with Crippen molar-refractivity contribution in [3.05, 3.63) is 64.9 Å². The number of likely N-dealkylation sites (N-methyl/N-ethyl adjacent to an activating group) is 1. The number of hydrogen-bond acceptors (Lipinski definition) is 2. The Kier molecular flexibility index (Phi) is 3.08. The molecule has 0 saturated carbocycles. The van der Waals surface area contributed by atoms with Crippen LogP contribution in [0.4, 0.5) is 8.78 Å². The molecule has 2 nitrogen and oxygen atoms in total. The summed E-state index contributed by atoms with van der Waals surface area (Å²) in [5.74, 6) is -1.64. The van der Waals surface area contributed by atoms with E-state index in [0.29, 0.717) is 5.56 Å². The molecular formula is C16H16F2N2. The first kappa shape index (κ1) is 12.9. The first-order valence-corrected chi connectivity index (χ1v) is 6.60. The van der Waals surface area contributed by atoms with Gasteiger partial charge in [0.25, 0.3) is 0 Å². The lowest BCUT2D eigenvalue weighted by atomic mass is 9.92. The van der Waals surface area contributed by atoms with Gasteiger partial charge in [-0.15, -0.1) is 0 Å². The zero-order chi connectivity index (χ0) is 14.3. The molecule has 0 fully saturated rings. The molecule has 1 aromatic carbocycles. The number of halogens is 2. The van der Waals surface area contributed by atoms with Crippen molar-refractivity contribution >= 4 is 5.70 Å². The van der Waals surface area contributed by atoms with Crippen LogP contribution in [0.1, 0.15) is 12.5 Å². The molecule has 0 aliphatic carbocycles. The first-order chi connectivity index (χ1) is 9.54. The van der Waals surface area contributed by atoms with Crippen LogP contribution in [0.2, 0.25) is 0 Å². The molecule has 1 atom stereocenters. The second kappa shape index (κ2) is 4.78. The van der Waals surface area contributed by atoms with Crippen LogP contribution in [0.25, 0.3) is 5.70 Å². The maximum absolute atomic E-state index is 13.4. The highest BCUT2D eigenvalue weighted by atomic mass is 19.2. The van der Waals surface area contributed by atoms with Crippen LogP contribution in [0.3, 0.4) is 0 Å². The maximum atomic E-state index is 13.4. The van der Waals surface area contributed by atoms with Crippen LogP contribution in [0.5, 0.6) is 0 Å². The van der Waals surface area contributed by atoms with E-state index in [4.69, 9.17) is 0 Å². The van der Waals surface area contributed by atoms with Crippen molar-refractivity contribution in [1.29, 1.82) is 0 Å². The van der Waals surface area contributed by atoms with Crippen molar-refractivity contribution in [2.45, 2.75) is 13.0 Å². The molecule has 0 aromatic heterocycles. The normalized spacial score (nSPS) is 21.5. The number of dihydropyridines is 1. The van der Waals surface area contributed by atoms with Crippen molar-refractivity contribution in [3.8, 4) is 0 Å². The Bertz CT molecular complexity index is 644.